The van der Waals surface area contributed by atoms with Crippen LogP contribution in [-0.4, -0.2) is 12.6 Å². The third kappa shape index (κ3) is 4.23. The number of aryl methyl sites for hydroxylation is 2. The minimum absolute atomic E-state index is 0.323. The first-order valence-corrected chi connectivity index (χ1v) is 6.09. The molecule has 1 unspecified atom stereocenters. The van der Waals surface area contributed by atoms with Crippen molar-refractivity contribution in [2.75, 3.05) is 6.61 Å². The van der Waals surface area contributed by atoms with Crippen LogP contribution in [0.1, 0.15) is 37.3 Å². The molecule has 1 rings (SSSR count). The van der Waals surface area contributed by atoms with Crippen LogP contribution in [0, 0.1) is 13.8 Å². The van der Waals surface area contributed by atoms with Crippen LogP contribution in [-0.2, 0) is 0 Å². The molecule has 0 aliphatic carbocycles. The van der Waals surface area contributed by atoms with Crippen molar-refractivity contribution in [2.24, 2.45) is 5.73 Å². The van der Waals surface area contributed by atoms with Gasteiger partial charge in [-0.2, -0.15) is 0 Å². The van der Waals surface area contributed by atoms with Gasteiger partial charge in [0.15, 0.2) is 0 Å². The van der Waals surface area contributed by atoms with Crippen molar-refractivity contribution in [3.05, 3.63) is 29.3 Å². The summed E-state index contributed by atoms with van der Waals surface area (Å²) in [5.41, 5.74) is 8.43. The molecule has 0 heterocycles. The molecule has 2 heteroatoms. The van der Waals surface area contributed by atoms with Gasteiger partial charge < -0.3 is 10.5 Å². The normalized spacial score (nSPS) is 12.5. The molecule has 2 nitrogen and oxygen atoms in total. The maximum Gasteiger partial charge on any atom is 0.119 e. The van der Waals surface area contributed by atoms with E-state index in [1.165, 1.54) is 11.1 Å². The summed E-state index contributed by atoms with van der Waals surface area (Å²) in [5.74, 6) is 0.966. The van der Waals surface area contributed by atoms with Crippen LogP contribution >= 0.6 is 0 Å². The van der Waals surface area contributed by atoms with Crippen molar-refractivity contribution in [3.63, 3.8) is 0 Å². The van der Waals surface area contributed by atoms with Gasteiger partial charge in [0.2, 0.25) is 0 Å². The van der Waals surface area contributed by atoms with Crippen LogP contribution in [0.2, 0.25) is 0 Å². The van der Waals surface area contributed by atoms with Gasteiger partial charge in [0.05, 0.1) is 6.61 Å². The second-order valence-electron chi connectivity index (χ2n) is 4.41. The van der Waals surface area contributed by atoms with Crippen molar-refractivity contribution in [3.8, 4) is 5.75 Å². The molecule has 0 saturated carbocycles. The Labute approximate surface area is 98.8 Å². The molecule has 0 fully saturated rings. The number of hydrogen-bond donors (Lipinski definition) is 1. The summed E-state index contributed by atoms with van der Waals surface area (Å²) in [5, 5.41) is 0. The molecular weight excluding hydrogens is 198 g/mol. The van der Waals surface area contributed by atoms with Gasteiger partial charge in [0.1, 0.15) is 5.75 Å². The largest absolute Gasteiger partial charge is 0.494 e. The van der Waals surface area contributed by atoms with Gasteiger partial charge in [-0.3, -0.25) is 0 Å². The molecule has 16 heavy (non-hydrogen) atoms. The van der Waals surface area contributed by atoms with Crippen molar-refractivity contribution >= 4 is 0 Å². The second kappa shape index (κ2) is 6.54. The molecule has 0 spiro atoms. The number of nitrogens with two attached hydrogens (primary N) is 1. The zero-order valence-corrected chi connectivity index (χ0v) is 10.6. The predicted molar refractivity (Wildman–Crippen MR) is 68.9 cm³/mol. The molecule has 0 radical (unpaired) electrons. The van der Waals surface area contributed by atoms with E-state index >= 15 is 0 Å². The SMILES string of the molecule is CCC(N)CCCOc1ccc(C)c(C)c1. The van der Waals surface area contributed by atoms with Crippen molar-refractivity contribution in [1.29, 1.82) is 0 Å². The first kappa shape index (κ1) is 13.0. The van der Waals surface area contributed by atoms with Crippen molar-refractivity contribution < 1.29 is 4.74 Å². The van der Waals surface area contributed by atoms with E-state index < -0.39 is 0 Å². The Morgan fingerprint density at radius 1 is 1.25 bits per heavy atom. The van der Waals surface area contributed by atoms with E-state index in [4.69, 9.17) is 10.5 Å². The number of rotatable bonds is 6. The fourth-order valence-electron chi connectivity index (χ4n) is 1.54. The van der Waals surface area contributed by atoms with E-state index in [1.807, 2.05) is 6.07 Å². The Balaban J connectivity index is 2.29. The van der Waals surface area contributed by atoms with E-state index in [2.05, 4.69) is 32.9 Å². The molecule has 1 aromatic rings. The monoisotopic (exact) mass is 221 g/mol. The summed E-state index contributed by atoms with van der Waals surface area (Å²) in [6.07, 6.45) is 3.12. The summed E-state index contributed by atoms with van der Waals surface area (Å²) in [6.45, 7) is 7.10. The predicted octanol–water partition coefficient (Wildman–Crippen LogP) is 3.20. The zero-order chi connectivity index (χ0) is 12.0. The highest BCUT2D eigenvalue weighted by Crippen LogP contribution is 2.16. The quantitative estimate of drug-likeness (QED) is 0.749. The number of benzene rings is 1. The summed E-state index contributed by atoms with van der Waals surface area (Å²) >= 11 is 0. The average Bonchev–Trinajstić information content (AvgIpc) is 2.28. The van der Waals surface area contributed by atoms with E-state index in [-0.39, 0.29) is 0 Å². The molecule has 0 aromatic heterocycles. The minimum Gasteiger partial charge on any atom is -0.494 e. The molecule has 1 aromatic carbocycles. The highest BCUT2D eigenvalue weighted by Gasteiger charge is 2.00. The highest BCUT2D eigenvalue weighted by molar-refractivity contribution is 5.33. The Hall–Kier alpha value is -1.02. The summed E-state index contributed by atoms with van der Waals surface area (Å²) < 4.78 is 5.68. The van der Waals surface area contributed by atoms with Gasteiger partial charge >= 0.3 is 0 Å². The summed E-state index contributed by atoms with van der Waals surface area (Å²) in [6, 6.07) is 6.54. The van der Waals surface area contributed by atoms with Crippen LogP contribution in [0.25, 0.3) is 0 Å². The lowest BCUT2D eigenvalue weighted by molar-refractivity contribution is 0.300. The maximum absolute atomic E-state index is 5.84. The molecule has 90 valence electrons. The number of hydrogen-bond acceptors (Lipinski definition) is 2. The smallest absolute Gasteiger partial charge is 0.119 e. The fourth-order valence-corrected chi connectivity index (χ4v) is 1.54. The Morgan fingerprint density at radius 2 is 2.00 bits per heavy atom. The van der Waals surface area contributed by atoms with Gasteiger partial charge in [-0.05, 0) is 56.4 Å². The van der Waals surface area contributed by atoms with E-state index in [9.17, 15) is 0 Å². The second-order valence-corrected chi connectivity index (χ2v) is 4.41. The molecule has 0 aliphatic rings. The third-order valence-electron chi connectivity index (χ3n) is 2.99. The third-order valence-corrected chi connectivity index (χ3v) is 2.99. The van der Waals surface area contributed by atoms with Crippen LogP contribution < -0.4 is 10.5 Å². The van der Waals surface area contributed by atoms with Crippen LogP contribution in [0.3, 0.4) is 0 Å². The first-order chi connectivity index (χ1) is 7.63. The Kier molecular flexibility index (Phi) is 5.33. The van der Waals surface area contributed by atoms with E-state index in [0.29, 0.717) is 6.04 Å². The Morgan fingerprint density at radius 3 is 2.62 bits per heavy atom. The van der Waals surface area contributed by atoms with Gasteiger partial charge in [-0.15, -0.1) is 0 Å². The molecule has 1 atom stereocenters. The van der Waals surface area contributed by atoms with Crippen LogP contribution in [0.4, 0.5) is 0 Å². The van der Waals surface area contributed by atoms with Gasteiger partial charge in [0, 0.05) is 6.04 Å². The summed E-state index contributed by atoms with van der Waals surface area (Å²) in [4.78, 5) is 0. The van der Waals surface area contributed by atoms with Gasteiger partial charge in [-0.1, -0.05) is 13.0 Å². The van der Waals surface area contributed by atoms with Gasteiger partial charge in [0.25, 0.3) is 0 Å². The molecule has 2 N–H and O–H groups in total. The minimum atomic E-state index is 0.323. The molecule has 0 amide bonds. The maximum atomic E-state index is 5.84. The first-order valence-electron chi connectivity index (χ1n) is 6.09. The standard InChI is InChI=1S/C14H23NO/c1-4-13(15)6-5-9-16-14-8-7-11(2)12(3)10-14/h7-8,10,13H,4-6,9,15H2,1-3H3. The molecule has 0 aliphatic heterocycles. The van der Waals surface area contributed by atoms with Crippen molar-refractivity contribution in [2.45, 2.75) is 46.1 Å². The lowest BCUT2D eigenvalue weighted by Crippen LogP contribution is -2.19. The molecule has 0 saturated heterocycles. The zero-order valence-electron chi connectivity index (χ0n) is 10.6. The Bertz CT molecular complexity index is 323. The van der Waals surface area contributed by atoms with Crippen LogP contribution in [0.15, 0.2) is 18.2 Å². The van der Waals surface area contributed by atoms with E-state index in [1.54, 1.807) is 0 Å². The lowest BCUT2D eigenvalue weighted by Gasteiger charge is -2.10. The highest BCUT2D eigenvalue weighted by atomic mass is 16.5. The fraction of sp³-hybridized carbons (Fsp3) is 0.571. The molecule has 0 bridgehead atoms. The average molecular weight is 221 g/mol. The summed E-state index contributed by atoms with van der Waals surface area (Å²) in [7, 11) is 0. The molecular formula is C14H23NO. The van der Waals surface area contributed by atoms with Crippen molar-refractivity contribution in [1.82, 2.24) is 0 Å². The van der Waals surface area contributed by atoms with E-state index in [0.717, 1.165) is 31.6 Å². The number of ether oxygens (including phenoxy) is 1. The van der Waals surface area contributed by atoms with Gasteiger partial charge in [-0.25, -0.2) is 0 Å². The van der Waals surface area contributed by atoms with Crippen LogP contribution in [0.5, 0.6) is 5.75 Å². The lowest BCUT2D eigenvalue weighted by atomic mass is 10.1. The topological polar surface area (TPSA) is 35.2 Å².